The normalized spacial score (nSPS) is 11.9. The number of hydrogen-bond acceptors (Lipinski definition) is 3. The SMILES string of the molecule is COCCNC(=O)CNC(=O)C(C)Cl. The molecule has 0 fully saturated rings. The van der Waals surface area contributed by atoms with E-state index in [1.165, 1.54) is 0 Å². The van der Waals surface area contributed by atoms with Crippen LogP contribution in [0.1, 0.15) is 6.92 Å². The van der Waals surface area contributed by atoms with Crippen LogP contribution in [0.4, 0.5) is 0 Å². The summed E-state index contributed by atoms with van der Waals surface area (Å²) in [5.41, 5.74) is 0. The molecule has 0 aliphatic carbocycles. The van der Waals surface area contributed by atoms with Crippen LogP contribution < -0.4 is 10.6 Å². The highest BCUT2D eigenvalue weighted by atomic mass is 35.5. The molecule has 2 amide bonds. The Bertz CT molecular complexity index is 197. The quantitative estimate of drug-likeness (QED) is 0.470. The standard InChI is InChI=1S/C8H15ClN2O3/c1-6(9)8(13)11-5-7(12)10-3-4-14-2/h6H,3-5H2,1-2H3,(H,10,12)(H,11,13). The van der Waals surface area contributed by atoms with Crippen LogP contribution in [-0.4, -0.2) is 44.0 Å². The average Bonchev–Trinajstić information content (AvgIpc) is 2.14. The van der Waals surface area contributed by atoms with Crippen molar-refractivity contribution in [3.05, 3.63) is 0 Å². The third-order valence-corrected chi connectivity index (χ3v) is 1.61. The van der Waals surface area contributed by atoms with Crippen molar-refractivity contribution in [3.63, 3.8) is 0 Å². The second-order valence-corrected chi connectivity index (χ2v) is 3.33. The molecule has 14 heavy (non-hydrogen) atoms. The maximum absolute atomic E-state index is 11.0. The van der Waals surface area contributed by atoms with Crippen molar-refractivity contribution in [3.8, 4) is 0 Å². The minimum absolute atomic E-state index is 0.0559. The Balaban J connectivity index is 3.49. The van der Waals surface area contributed by atoms with E-state index >= 15 is 0 Å². The molecule has 0 aromatic carbocycles. The number of carbonyl (C=O) groups excluding carboxylic acids is 2. The minimum atomic E-state index is -0.623. The van der Waals surface area contributed by atoms with Crippen LogP contribution in [-0.2, 0) is 14.3 Å². The lowest BCUT2D eigenvalue weighted by Crippen LogP contribution is -2.40. The van der Waals surface area contributed by atoms with Crippen LogP contribution in [0.15, 0.2) is 0 Å². The second kappa shape index (κ2) is 7.58. The fourth-order valence-corrected chi connectivity index (χ4v) is 0.740. The van der Waals surface area contributed by atoms with Crippen LogP contribution in [0.25, 0.3) is 0 Å². The molecule has 0 saturated heterocycles. The molecule has 0 heterocycles. The molecule has 2 N–H and O–H groups in total. The lowest BCUT2D eigenvalue weighted by molar-refractivity contribution is -0.125. The topological polar surface area (TPSA) is 67.4 Å². The van der Waals surface area contributed by atoms with Gasteiger partial charge in [-0.1, -0.05) is 0 Å². The van der Waals surface area contributed by atoms with Gasteiger partial charge >= 0.3 is 0 Å². The molecule has 0 rings (SSSR count). The summed E-state index contributed by atoms with van der Waals surface area (Å²) in [6, 6.07) is 0. The first-order valence-electron chi connectivity index (χ1n) is 4.25. The number of alkyl halides is 1. The Morgan fingerprint density at radius 1 is 1.43 bits per heavy atom. The molecule has 0 radical (unpaired) electrons. The highest BCUT2D eigenvalue weighted by Gasteiger charge is 2.09. The van der Waals surface area contributed by atoms with E-state index in [9.17, 15) is 9.59 Å². The highest BCUT2D eigenvalue weighted by Crippen LogP contribution is 1.91. The van der Waals surface area contributed by atoms with Crippen molar-refractivity contribution in [2.75, 3.05) is 26.8 Å². The van der Waals surface area contributed by atoms with E-state index in [2.05, 4.69) is 10.6 Å². The first-order valence-corrected chi connectivity index (χ1v) is 4.69. The van der Waals surface area contributed by atoms with E-state index in [4.69, 9.17) is 16.3 Å². The third-order valence-electron chi connectivity index (χ3n) is 1.41. The molecule has 6 heteroatoms. The largest absolute Gasteiger partial charge is 0.383 e. The Labute approximate surface area is 88.1 Å². The number of rotatable bonds is 6. The van der Waals surface area contributed by atoms with Gasteiger partial charge in [-0.2, -0.15) is 0 Å². The smallest absolute Gasteiger partial charge is 0.239 e. The summed E-state index contributed by atoms with van der Waals surface area (Å²) in [5.74, 6) is -0.610. The number of nitrogens with one attached hydrogen (secondary N) is 2. The van der Waals surface area contributed by atoms with Crippen LogP contribution >= 0.6 is 11.6 Å². The molecule has 82 valence electrons. The molecule has 0 aromatic heterocycles. The van der Waals surface area contributed by atoms with Gasteiger partial charge in [0.05, 0.1) is 13.2 Å². The van der Waals surface area contributed by atoms with Gasteiger partial charge in [-0.05, 0) is 6.92 Å². The monoisotopic (exact) mass is 222 g/mol. The zero-order valence-electron chi connectivity index (χ0n) is 8.30. The number of methoxy groups -OCH3 is 1. The Morgan fingerprint density at radius 3 is 2.57 bits per heavy atom. The molecular formula is C8H15ClN2O3. The number of halogens is 1. The van der Waals surface area contributed by atoms with Gasteiger partial charge in [0.15, 0.2) is 0 Å². The molecule has 0 bridgehead atoms. The average molecular weight is 223 g/mol. The molecule has 0 saturated carbocycles. The first kappa shape index (κ1) is 13.2. The van der Waals surface area contributed by atoms with Crippen LogP contribution in [0.3, 0.4) is 0 Å². The number of amides is 2. The van der Waals surface area contributed by atoms with Gasteiger partial charge in [-0.25, -0.2) is 0 Å². The molecule has 5 nitrogen and oxygen atoms in total. The molecule has 0 aliphatic rings. The van der Waals surface area contributed by atoms with E-state index in [-0.39, 0.29) is 18.4 Å². The molecule has 1 unspecified atom stereocenters. The van der Waals surface area contributed by atoms with Crippen molar-refractivity contribution in [2.45, 2.75) is 12.3 Å². The Kier molecular flexibility index (Phi) is 7.14. The number of carbonyl (C=O) groups is 2. The van der Waals surface area contributed by atoms with E-state index in [1.807, 2.05) is 0 Å². The summed E-state index contributed by atoms with van der Waals surface area (Å²) in [6.45, 7) is 2.37. The van der Waals surface area contributed by atoms with Crippen LogP contribution in [0, 0.1) is 0 Å². The summed E-state index contributed by atoms with van der Waals surface area (Å²) in [4.78, 5) is 21.9. The predicted molar refractivity (Wildman–Crippen MR) is 53.2 cm³/mol. The van der Waals surface area contributed by atoms with Crippen molar-refractivity contribution >= 4 is 23.4 Å². The molecule has 0 aliphatic heterocycles. The van der Waals surface area contributed by atoms with E-state index in [0.717, 1.165) is 0 Å². The fourth-order valence-electron chi connectivity index (χ4n) is 0.663. The molecule has 0 aromatic rings. The van der Waals surface area contributed by atoms with Crippen LogP contribution in [0.2, 0.25) is 0 Å². The van der Waals surface area contributed by atoms with Crippen molar-refractivity contribution in [1.82, 2.24) is 10.6 Å². The highest BCUT2D eigenvalue weighted by molar-refractivity contribution is 6.30. The summed E-state index contributed by atoms with van der Waals surface area (Å²) >= 11 is 5.47. The minimum Gasteiger partial charge on any atom is -0.383 e. The van der Waals surface area contributed by atoms with Gasteiger partial charge in [0.2, 0.25) is 11.8 Å². The van der Waals surface area contributed by atoms with Crippen LogP contribution in [0.5, 0.6) is 0 Å². The number of ether oxygens (including phenoxy) is 1. The maximum atomic E-state index is 11.0. The summed E-state index contributed by atoms with van der Waals surface area (Å²) in [7, 11) is 1.54. The van der Waals surface area contributed by atoms with Crippen molar-refractivity contribution in [2.24, 2.45) is 0 Å². The Morgan fingerprint density at radius 2 is 2.07 bits per heavy atom. The summed E-state index contributed by atoms with van der Waals surface area (Å²) in [5, 5.41) is 4.32. The van der Waals surface area contributed by atoms with E-state index < -0.39 is 5.38 Å². The lowest BCUT2D eigenvalue weighted by Gasteiger charge is -2.07. The Hall–Kier alpha value is -0.810. The third kappa shape index (κ3) is 6.68. The summed E-state index contributed by atoms with van der Waals surface area (Å²) < 4.78 is 4.73. The van der Waals surface area contributed by atoms with E-state index in [1.54, 1.807) is 14.0 Å². The molecular weight excluding hydrogens is 208 g/mol. The maximum Gasteiger partial charge on any atom is 0.239 e. The van der Waals surface area contributed by atoms with Crippen molar-refractivity contribution < 1.29 is 14.3 Å². The lowest BCUT2D eigenvalue weighted by atomic mass is 10.4. The van der Waals surface area contributed by atoms with E-state index in [0.29, 0.717) is 13.2 Å². The summed E-state index contributed by atoms with van der Waals surface area (Å²) in [6.07, 6.45) is 0. The number of hydrogen-bond donors (Lipinski definition) is 2. The zero-order valence-corrected chi connectivity index (χ0v) is 9.06. The predicted octanol–water partition coefficient (Wildman–Crippen LogP) is -0.507. The van der Waals surface area contributed by atoms with Gasteiger partial charge in [0.25, 0.3) is 0 Å². The fraction of sp³-hybridized carbons (Fsp3) is 0.750. The van der Waals surface area contributed by atoms with Gasteiger partial charge in [0, 0.05) is 13.7 Å². The second-order valence-electron chi connectivity index (χ2n) is 2.68. The van der Waals surface area contributed by atoms with Gasteiger partial charge in [-0.3, -0.25) is 9.59 Å². The first-order chi connectivity index (χ1) is 6.57. The molecule has 1 atom stereocenters. The van der Waals surface area contributed by atoms with Crippen molar-refractivity contribution in [1.29, 1.82) is 0 Å². The molecule has 0 spiro atoms. The van der Waals surface area contributed by atoms with Gasteiger partial charge in [0.1, 0.15) is 5.38 Å². The van der Waals surface area contributed by atoms with Gasteiger partial charge in [-0.15, -0.1) is 11.6 Å². The zero-order chi connectivity index (χ0) is 11.0. The van der Waals surface area contributed by atoms with Gasteiger partial charge < -0.3 is 15.4 Å².